The van der Waals surface area contributed by atoms with Gasteiger partial charge in [0.2, 0.25) is 5.28 Å². The van der Waals surface area contributed by atoms with E-state index in [-0.39, 0.29) is 23.2 Å². The summed E-state index contributed by atoms with van der Waals surface area (Å²) in [6, 6.07) is 0.552. The Morgan fingerprint density at radius 1 is 1.36 bits per heavy atom. The van der Waals surface area contributed by atoms with E-state index in [0.29, 0.717) is 24.9 Å². The molecule has 8 nitrogen and oxygen atoms in total. The summed E-state index contributed by atoms with van der Waals surface area (Å²) < 4.78 is 16.8. The highest BCUT2D eigenvalue weighted by molar-refractivity contribution is 6.28. The van der Waals surface area contributed by atoms with E-state index in [0.717, 1.165) is 18.8 Å². The minimum atomic E-state index is 0.0105. The van der Waals surface area contributed by atoms with Gasteiger partial charge in [-0.05, 0) is 18.0 Å². The summed E-state index contributed by atoms with van der Waals surface area (Å²) >= 11 is 5.68. The number of anilines is 1. The predicted molar refractivity (Wildman–Crippen MR) is 92.0 cm³/mol. The summed E-state index contributed by atoms with van der Waals surface area (Å²) in [7, 11) is 1.71. The first-order chi connectivity index (χ1) is 12.1. The number of piperidine rings is 1. The van der Waals surface area contributed by atoms with Gasteiger partial charge in [0.15, 0.2) is 11.6 Å². The lowest BCUT2D eigenvalue weighted by Gasteiger charge is -2.36. The SMILES string of the molecule is CO[C@@H]1CN(c2nc(C(C)C)no2)CC[C@@H]1COc1cnc(Cl)nc1. The molecule has 2 aromatic rings. The van der Waals surface area contributed by atoms with Crippen LogP contribution < -0.4 is 9.64 Å². The normalized spacial score (nSPS) is 20.9. The van der Waals surface area contributed by atoms with Crippen molar-refractivity contribution in [2.24, 2.45) is 5.92 Å². The molecule has 1 aliphatic rings. The molecule has 0 radical (unpaired) electrons. The van der Waals surface area contributed by atoms with Crippen molar-refractivity contribution in [1.82, 2.24) is 20.1 Å². The van der Waals surface area contributed by atoms with E-state index in [1.807, 2.05) is 13.8 Å². The van der Waals surface area contributed by atoms with E-state index < -0.39 is 0 Å². The largest absolute Gasteiger partial charge is 0.490 e. The lowest BCUT2D eigenvalue weighted by Crippen LogP contribution is -2.47. The van der Waals surface area contributed by atoms with Gasteiger partial charge in [0.1, 0.15) is 0 Å². The lowest BCUT2D eigenvalue weighted by molar-refractivity contribution is 0.0206. The lowest BCUT2D eigenvalue weighted by atomic mass is 9.95. The standard InChI is InChI=1S/C16H22ClN5O3/c1-10(2)14-20-16(25-21-14)22-5-4-11(13(8-22)23-3)9-24-12-6-18-15(17)19-7-12/h6-7,10-11,13H,4-5,8-9H2,1-3H3/t11-,13-/m1/s1. The maximum absolute atomic E-state index is 5.78. The van der Waals surface area contributed by atoms with Gasteiger partial charge in [0, 0.05) is 32.0 Å². The van der Waals surface area contributed by atoms with E-state index in [2.05, 4.69) is 25.0 Å². The summed E-state index contributed by atoms with van der Waals surface area (Å²) in [5.74, 6) is 1.81. The first kappa shape index (κ1) is 17.9. The molecule has 0 unspecified atom stereocenters. The summed E-state index contributed by atoms with van der Waals surface area (Å²) in [5, 5.41) is 4.23. The smallest absolute Gasteiger partial charge is 0.324 e. The third kappa shape index (κ3) is 4.38. The molecule has 0 bridgehead atoms. The molecule has 0 saturated carbocycles. The zero-order valence-corrected chi connectivity index (χ0v) is 15.3. The van der Waals surface area contributed by atoms with Crippen LogP contribution in [0.2, 0.25) is 5.28 Å². The predicted octanol–water partition coefficient (Wildman–Crippen LogP) is 2.56. The fraction of sp³-hybridized carbons (Fsp3) is 0.625. The van der Waals surface area contributed by atoms with Gasteiger partial charge < -0.3 is 18.9 Å². The average molecular weight is 368 g/mol. The topological polar surface area (TPSA) is 86.4 Å². The van der Waals surface area contributed by atoms with Crippen LogP contribution in [-0.4, -0.2) is 53.0 Å². The third-order valence-electron chi connectivity index (χ3n) is 4.28. The van der Waals surface area contributed by atoms with E-state index in [1.54, 1.807) is 19.5 Å². The minimum absolute atomic E-state index is 0.0105. The van der Waals surface area contributed by atoms with Crippen LogP contribution in [0.5, 0.6) is 5.75 Å². The fourth-order valence-corrected chi connectivity index (χ4v) is 2.86. The van der Waals surface area contributed by atoms with Gasteiger partial charge in [-0.2, -0.15) is 4.98 Å². The van der Waals surface area contributed by atoms with E-state index >= 15 is 0 Å². The zero-order chi connectivity index (χ0) is 17.8. The molecule has 2 atom stereocenters. The average Bonchev–Trinajstić information content (AvgIpc) is 3.11. The van der Waals surface area contributed by atoms with Gasteiger partial charge in [0.25, 0.3) is 0 Å². The molecule has 0 aliphatic carbocycles. The molecule has 0 amide bonds. The highest BCUT2D eigenvalue weighted by Gasteiger charge is 2.32. The van der Waals surface area contributed by atoms with Gasteiger partial charge >= 0.3 is 6.01 Å². The number of hydrogen-bond donors (Lipinski definition) is 0. The Hall–Kier alpha value is -1.93. The van der Waals surface area contributed by atoms with Gasteiger partial charge in [-0.25, -0.2) is 9.97 Å². The summed E-state index contributed by atoms with van der Waals surface area (Å²) in [6.45, 7) is 6.10. The van der Waals surface area contributed by atoms with Crippen molar-refractivity contribution in [3.63, 3.8) is 0 Å². The van der Waals surface area contributed by atoms with E-state index in [1.165, 1.54) is 0 Å². The number of hydrogen-bond acceptors (Lipinski definition) is 8. The van der Waals surface area contributed by atoms with Crippen molar-refractivity contribution in [3.8, 4) is 5.75 Å². The van der Waals surface area contributed by atoms with Crippen molar-refractivity contribution < 1.29 is 14.0 Å². The Balaban J connectivity index is 1.58. The summed E-state index contributed by atoms with van der Waals surface area (Å²) in [5.41, 5.74) is 0. The Bertz CT molecular complexity index is 679. The maximum Gasteiger partial charge on any atom is 0.324 e. The zero-order valence-electron chi connectivity index (χ0n) is 14.6. The van der Waals surface area contributed by atoms with Crippen LogP contribution >= 0.6 is 11.6 Å². The van der Waals surface area contributed by atoms with Gasteiger partial charge in [-0.1, -0.05) is 19.0 Å². The molecule has 0 N–H and O–H groups in total. The van der Waals surface area contributed by atoms with Crippen molar-refractivity contribution >= 4 is 17.6 Å². The number of methoxy groups -OCH3 is 1. The molecule has 9 heteroatoms. The van der Waals surface area contributed by atoms with Gasteiger partial charge in [0.05, 0.1) is 25.1 Å². The summed E-state index contributed by atoms with van der Waals surface area (Å²) in [6.07, 6.45) is 4.04. The van der Waals surface area contributed by atoms with Crippen molar-refractivity contribution in [1.29, 1.82) is 0 Å². The van der Waals surface area contributed by atoms with E-state index in [4.69, 9.17) is 25.6 Å². The van der Waals surface area contributed by atoms with E-state index in [9.17, 15) is 0 Å². The van der Waals surface area contributed by atoms with Crippen molar-refractivity contribution in [3.05, 3.63) is 23.5 Å². The molecular weight excluding hydrogens is 346 g/mol. The Labute approximate surface area is 151 Å². The molecule has 1 saturated heterocycles. The second kappa shape index (κ2) is 7.97. The number of nitrogens with zero attached hydrogens (tertiary/aromatic N) is 5. The van der Waals surface area contributed by atoms with Crippen LogP contribution in [0.3, 0.4) is 0 Å². The van der Waals surface area contributed by atoms with Crippen LogP contribution in [0, 0.1) is 5.92 Å². The molecule has 0 aromatic carbocycles. The number of ether oxygens (including phenoxy) is 2. The maximum atomic E-state index is 5.78. The molecule has 1 aliphatic heterocycles. The van der Waals surface area contributed by atoms with Crippen molar-refractivity contribution in [2.75, 3.05) is 31.7 Å². The number of aromatic nitrogens is 4. The highest BCUT2D eigenvalue weighted by Crippen LogP contribution is 2.26. The van der Waals surface area contributed by atoms with Crippen molar-refractivity contribution in [2.45, 2.75) is 32.3 Å². The molecular formula is C16H22ClN5O3. The van der Waals surface area contributed by atoms with Gasteiger partial charge in [-0.3, -0.25) is 0 Å². The van der Waals surface area contributed by atoms with Crippen LogP contribution in [0.4, 0.5) is 6.01 Å². The second-order valence-electron chi connectivity index (χ2n) is 6.36. The molecule has 2 aromatic heterocycles. The van der Waals surface area contributed by atoms with Crippen LogP contribution in [0.1, 0.15) is 32.0 Å². The molecule has 3 heterocycles. The van der Waals surface area contributed by atoms with Gasteiger partial charge in [-0.15, -0.1) is 0 Å². The quantitative estimate of drug-likeness (QED) is 0.720. The first-order valence-electron chi connectivity index (χ1n) is 8.28. The Morgan fingerprint density at radius 2 is 2.12 bits per heavy atom. The molecule has 0 spiro atoms. The Morgan fingerprint density at radius 3 is 2.76 bits per heavy atom. The highest BCUT2D eigenvalue weighted by atomic mass is 35.5. The monoisotopic (exact) mass is 367 g/mol. The molecule has 25 heavy (non-hydrogen) atoms. The minimum Gasteiger partial charge on any atom is -0.490 e. The Kier molecular flexibility index (Phi) is 5.70. The third-order valence-corrected chi connectivity index (χ3v) is 4.47. The molecule has 1 fully saturated rings. The molecule has 136 valence electrons. The first-order valence-corrected chi connectivity index (χ1v) is 8.66. The van der Waals surface area contributed by atoms with Crippen LogP contribution in [-0.2, 0) is 4.74 Å². The number of rotatable bonds is 6. The molecule has 3 rings (SSSR count). The fourth-order valence-electron chi connectivity index (χ4n) is 2.76. The van der Waals surface area contributed by atoms with Crippen LogP contribution in [0.15, 0.2) is 16.9 Å². The second-order valence-corrected chi connectivity index (χ2v) is 6.70. The summed E-state index contributed by atoms with van der Waals surface area (Å²) in [4.78, 5) is 14.4. The number of halogens is 1. The van der Waals surface area contributed by atoms with Crippen LogP contribution in [0.25, 0.3) is 0 Å².